The first-order chi connectivity index (χ1) is 11.1. The van der Waals surface area contributed by atoms with E-state index in [2.05, 4.69) is 36.2 Å². The molecule has 23 heavy (non-hydrogen) atoms. The van der Waals surface area contributed by atoms with Crippen molar-refractivity contribution < 1.29 is 4.79 Å². The van der Waals surface area contributed by atoms with E-state index in [1.54, 1.807) is 0 Å². The van der Waals surface area contributed by atoms with Crippen molar-refractivity contribution >= 4 is 11.6 Å². The Bertz CT molecular complexity index is 459. The molecule has 0 aromatic heterocycles. The number of nitrogens with one attached hydrogen (secondary N) is 1. The van der Waals surface area contributed by atoms with Crippen LogP contribution in [-0.4, -0.2) is 30.4 Å². The average Bonchev–Trinajstić information content (AvgIpc) is 2.81. The summed E-state index contributed by atoms with van der Waals surface area (Å²) in [5.41, 5.74) is 2.22. The second-order valence-electron chi connectivity index (χ2n) is 7.04. The van der Waals surface area contributed by atoms with Gasteiger partial charge in [-0.2, -0.15) is 0 Å². The molecule has 1 N–H and O–H groups in total. The SMILES string of the molecule is CC(C)c1ccc(NC(=O)CCCCN2CCCCCC2)cc1. The Balaban J connectivity index is 1.62. The van der Waals surface area contributed by atoms with E-state index in [1.807, 2.05) is 12.1 Å². The fourth-order valence-corrected chi connectivity index (χ4v) is 3.16. The molecule has 1 aromatic carbocycles. The largest absolute Gasteiger partial charge is 0.326 e. The van der Waals surface area contributed by atoms with Crippen LogP contribution in [0.2, 0.25) is 0 Å². The maximum Gasteiger partial charge on any atom is 0.224 e. The van der Waals surface area contributed by atoms with E-state index >= 15 is 0 Å². The third-order valence-corrected chi connectivity index (χ3v) is 4.69. The lowest BCUT2D eigenvalue weighted by Gasteiger charge is -2.19. The summed E-state index contributed by atoms with van der Waals surface area (Å²) in [6, 6.07) is 8.20. The summed E-state index contributed by atoms with van der Waals surface area (Å²) in [5, 5.41) is 3.00. The first-order valence-corrected chi connectivity index (χ1v) is 9.27. The van der Waals surface area contributed by atoms with Crippen molar-refractivity contribution in [2.75, 3.05) is 25.0 Å². The van der Waals surface area contributed by atoms with Gasteiger partial charge in [-0.3, -0.25) is 4.79 Å². The number of carbonyl (C=O) groups is 1. The lowest BCUT2D eigenvalue weighted by Crippen LogP contribution is -2.25. The lowest BCUT2D eigenvalue weighted by atomic mass is 10.0. The van der Waals surface area contributed by atoms with E-state index in [4.69, 9.17) is 0 Å². The van der Waals surface area contributed by atoms with Crippen molar-refractivity contribution in [3.05, 3.63) is 29.8 Å². The number of benzene rings is 1. The van der Waals surface area contributed by atoms with Gasteiger partial charge >= 0.3 is 0 Å². The molecule has 1 aliphatic heterocycles. The normalized spacial score (nSPS) is 16.3. The molecule has 1 saturated heterocycles. The Morgan fingerprint density at radius 3 is 2.30 bits per heavy atom. The first kappa shape index (κ1) is 18.0. The molecule has 3 nitrogen and oxygen atoms in total. The zero-order valence-electron chi connectivity index (χ0n) is 14.8. The van der Waals surface area contributed by atoms with Crippen molar-refractivity contribution in [3.8, 4) is 0 Å². The van der Waals surface area contributed by atoms with Crippen LogP contribution in [-0.2, 0) is 4.79 Å². The molecule has 0 aliphatic carbocycles. The fraction of sp³-hybridized carbons (Fsp3) is 0.650. The van der Waals surface area contributed by atoms with Gasteiger partial charge < -0.3 is 10.2 Å². The molecule has 1 heterocycles. The van der Waals surface area contributed by atoms with E-state index < -0.39 is 0 Å². The standard InChI is InChI=1S/C20H32N2O/c1-17(2)18-10-12-19(13-11-18)21-20(23)9-5-8-16-22-14-6-3-4-7-15-22/h10-13,17H,3-9,14-16H2,1-2H3,(H,21,23). The van der Waals surface area contributed by atoms with Crippen LogP contribution in [0, 0.1) is 0 Å². The molecule has 1 fully saturated rings. The second-order valence-corrected chi connectivity index (χ2v) is 7.04. The van der Waals surface area contributed by atoms with Crippen molar-refractivity contribution in [3.63, 3.8) is 0 Å². The summed E-state index contributed by atoms with van der Waals surface area (Å²) in [6.07, 6.45) is 8.18. The van der Waals surface area contributed by atoms with E-state index in [1.165, 1.54) is 44.3 Å². The van der Waals surface area contributed by atoms with Gasteiger partial charge in [-0.05, 0) is 68.9 Å². The van der Waals surface area contributed by atoms with Crippen LogP contribution in [0.5, 0.6) is 0 Å². The Hall–Kier alpha value is -1.35. The van der Waals surface area contributed by atoms with Gasteiger partial charge in [-0.1, -0.05) is 38.8 Å². The smallest absolute Gasteiger partial charge is 0.224 e. The van der Waals surface area contributed by atoms with Crippen LogP contribution in [0.25, 0.3) is 0 Å². The minimum Gasteiger partial charge on any atom is -0.326 e. The average molecular weight is 316 g/mol. The Morgan fingerprint density at radius 2 is 1.70 bits per heavy atom. The summed E-state index contributed by atoms with van der Waals surface area (Å²) >= 11 is 0. The van der Waals surface area contributed by atoms with Crippen LogP contribution < -0.4 is 5.32 Å². The van der Waals surface area contributed by atoms with Crippen LogP contribution in [0.1, 0.15) is 70.3 Å². The third-order valence-electron chi connectivity index (χ3n) is 4.69. The maximum atomic E-state index is 12.0. The van der Waals surface area contributed by atoms with E-state index in [0.717, 1.165) is 25.1 Å². The quantitative estimate of drug-likeness (QED) is 0.733. The summed E-state index contributed by atoms with van der Waals surface area (Å²) in [4.78, 5) is 14.6. The Morgan fingerprint density at radius 1 is 1.04 bits per heavy atom. The topological polar surface area (TPSA) is 32.3 Å². The van der Waals surface area contributed by atoms with Crippen molar-refractivity contribution in [2.45, 2.75) is 64.7 Å². The second kappa shape index (κ2) is 9.71. The molecule has 3 heteroatoms. The molecule has 128 valence electrons. The summed E-state index contributed by atoms with van der Waals surface area (Å²) in [7, 11) is 0. The number of amides is 1. The highest BCUT2D eigenvalue weighted by atomic mass is 16.1. The predicted molar refractivity (Wildman–Crippen MR) is 97.9 cm³/mol. The monoisotopic (exact) mass is 316 g/mol. The molecular formula is C20H32N2O. The van der Waals surface area contributed by atoms with Crippen LogP contribution >= 0.6 is 0 Å². The highest BCUT2D eigenvalue weighted by Crippen LogP contribution is 2.17. The highest BCUT2D eigenvalue weighted by Gasteiger charge is 2.09. The van der Waals surface area contributed by atoms with Gasteiger partial charge in [0.2, 0.25) is 5.91 Å². The van der Waals surface area contributed by atoms with Crippen molar-refractivity contribution in [2.24, 2.45) is 0 Å². The molecule has 0 unspecified atom stereocenters. The molecule has 0 bridgehead atoms. The van der Waals surface area contributed by atoms with Gasteiger partial charge in [0, 0.05) is 12.1 Å². The number of nitrogens with zero attached hydrogens (tertiary/aromatic N) is 1. The molecule has 0 radical (unpaired) electrons. The van der Waals surface area contributed by atoms with E-state index in [-0.39, 0.29) is 5.91 Å². The minimum atomic E-state index is 0.137. The van der Waals surface area contributed by atoms with Gasteiger partial charge in [-0.15, -0.1) is 0 Å². The molecule has 1 aliphatic rings. The van der Waals surface area contributed by atoms with E-state index in [0.29, 0.717) is 12.3 Å². The van der Waals surface area contributed by atoms with Gasteiger partial charge in [0.1, 0.15) is 0 Å². The van der Waals surface area contributed by atoms with Crippen LogP contribution in [0.3, 0.4) is 0 Å². The summed E-state index contributed by atoms with van der Waals surface area (Å²) < 4.78 is 0. The fourth-order valence-electron chi connectivity index (χ4n) is 3.16. The summed E-state index contributed by atoms with van der Waals surface area (Å²) in [5.74, 6) is 0.664. The third kappa shape index (κ3) is 6.74. The van der Waals surface area contributed by atoms with Gasteiger partial charge in [0.25, 0.3) is 0 Å². The maximum absolute atomic E-state index is 12.0. The minimum absolute atomic E-state index is 0.137. The molecular weight excluding hydrogens is 284 g/mol. The van der Waals surface area contributed by atoms with Crippen molar-refractivity contribution in [1.82, 2.24) is 4.90 Å². The molecule has 2 rings (SSSR count). The molecule has 1 amide bonds. The number of unbranched alkanes of at least 4 members (excludes halogenated alkanes) is 1. The van der Waals surface area contributed by atoms with Gasteiger partial charge in [-0.25, -0.2) is 0 Å². The van der Waals surface area contributed by atoms with Gasteiger partial charge in [0.05, 0.1) is 0 Å². The number of likely N-dealkylation sites (tertiary alicyclic amines) is 1. The number of anilines is 1. The van der Waals surface area contributed by atoms with Crippen LogP contribution in [0.4, 0.5) is 5.69 Å². The number of hydrogen-bond acceptors (Lipinski definition) is 2. The summed E-state index contributed by atoms with van der Waals surface area (Å²) in [6.45, 7) is 7.99. The van der Waals surface area contributed by atoms with Crippen molar-refractivity contribution in [1.29, 1.82) is 0 Å². The highest BCUT2D eigenvalue weighted by molar-refractivity contribution is 5.90. The Kier molecular flexibility index (Phi) is 7.60. The number of carbonyl (C=O) groups excluding carboxylic acids is 1. The predicted octanol–water partition coefficient (Wildman–Crippen LogP) is 4.79. The molecule has 0 saturated carbocycles. The first-order valence-electron chi connectivity index (χ1n) is 9.27. The number of rotatable bonds is 7. The van der Waals surface area contributed by atoms with E-state index in [9.17, 15) is 4.79 Å². The molecule has 0 atom stereocenters. The Labute approximate surface area is 141 Å². The number of hydrogen-bond donors (Lipinski definition) is 1. The zero-order valence-corrected chi connectivity index (χ0v) is 14.8. The van der Waals surface area contributed by atoms with Crippen LogP contribution in [0.15, 0.2) is 24.3 Å². The molecule has 1 aromatic rings. The molecule has 0 spiro atoms. The van der Waals surface area contributed by atoms with Gasteiger partial charge in [0.15, 0.2) is 0 Å². The lowest BCUT2D eigenvalue weighted by molar-refractivity contribution is -0.116. The zero-order chi connectivity index (χ0) is 16.5.